The molecule has 124 valence electrons. The molecule has 23 heavy (non-hydrogen) atoms. The molecule has 2 heteroatoms. The maximum absolute atomic E-state index is 3.70. The highest BCUT2D eigenvalue weighted by molar-refractivity contribution is 5.43. The van der Waals surface area contributed by atoms with Gasteiger partial charge in [-0.3, -0.25) is 4.90 Å². The first-order valence-electron chi connectivity index (χ1n) is 9.81. The van der Waals surface area contributed by atoms with Crippen LogP contribution in [0.2, 0.25) is 0 Å². The minimum atomic E-state index is 0.468. The van der Waals surface area contributed by atoms with Crippen molar-refractivity contribution >= 4 is 0 Å². The number of likely N-dealkylation sites (tertiary alicyclic amines) is 1. The molecule has 2 aliphatic carbocycles. The summed E-state index contributed by atoms with van der Waals surface area (Å²) in [5.41, 5.74) is 5.31. The van der Waals surface area contributed by atoms with Gasteiger partial charge in [-0.2, -0.15) is 0 Å². The Labute approximate surface area is 140 Å². The Morgan fingerprint density at radius 1 is 1.17 bits per heavy atom. The molecule has 5 rings (SSSR count). The minimum absolute atomic E-state index is 0.468. The lowest BCUT2D eigenvalue weighted by Crippen LogP contribution is -2.60. The molecule has 1 aromatic carbocycles. The molecule has 0 radical (unpaired) electrons. The summed E-state index contributed by atoms with van der Waals surface area (Å²) in [5, 5.41) is 3.70. The highest BCUT2D eigenvalue weighted by atomic mass is 15.2. The predicted molar refractivity (Wildman–Crippen MR) is 94.9 cm³/mol. The first kappa shape index (κ1) is 14.5. The Kier molecular flexibility index (Phi) is 3.35. The van der Waals surface area contributed by atoms with Gasteiger partial charge >= 0.3 is 0 Å². The lowest BCUT2D eigenvalue weighted by Gasteiger charge is -2.57. The molecule has 0 aromatic heterocycles. The maximum Gasteiger partial charge on any atom is 0.0173 e. The summed E-state index contributed by atoms with van der Waals surface area (Å²) in [7, 11) is 0. The lowest BCUT2D eigenvalue weighted by molar-refractivity contribution is 0.00907. The summed E-state index contributed by atoms with van der Waals surface area (Å²) < 4.78 is 0. The van der Waals surface area contributed by atoms with E-state index in [0.717, 1.165) is 17.9 Å². The molecule has 2 heterocycles. The average Bonchev–Trinajstić information content (AvgIpc) is 3.36. The Morgan fingerprint density at radius 3 is 2.96 bits per heavy atom. The first-order chi connectivity index (χ1) is 11.3. The van der Waals surface area contributed by atoms with Crippen LogP contribution in [0.5, 0.6) is 0 Å². The van der Waals surface area contributed by atoms with Crippen LogP contribution in [0, 0.1) is 18.8 Å². The zero-order valence-electron chi connectivity index (χ0n) is 14.5. The predicted octanol–water partition coefficient (Wildman–Crippen LogP) is 3.27. The standard InChI is InChI=1S/C21H30N2/c1-15-2-5-18-17(12-15)13-20-19-6-9-22-10-7-21(18,19)8-11-23(20)14-16-3-4-16/h2,5,12,16,19-20,22H,3-4,6-11,13-14H2,1H3/t19-,20-,21-/m1/s1. The third-order valence-electron chi connectivity index (χ3n) is 7.28. The van der Waals surface area contributed by atoms with E-state index in [1.54, 1.807) is 11.1 Å². The van der Waals surface area contributed by atoms with Crippen molar-refractivity contribution in [2.75, 3.05) is 26.2 Å². The summed E-state index contributed by atoms with van der Waals surface area (Å²) >= 11 is 0. The van der Waals surface area contributed by atoms with Crippen molar-refractivity contribution < 1.29 is 0 Å². The van der Waals surface area contributed by atoms with Crippen LogP contribution in [-0.4, -0.2) is 37.1 Å². The van der Waals surface area contributed by atoms with E-state index >= 15 is 0 Å². The smallest absolute Gasteiger partial charge is 0.0173 e. The highest BCUT2D eigenvalue weighted by Gasteiger charge is 2.53. The quantitative estimate of drug-likeness (QED) is 0.902. The Bertz CT molecular complexity index is 606. The number of piperidine rings is 1. The lowest BCUT2D eigenvalue weighted by atomic mass is 9.55. The van der Waals surface area contributed by atoms with Crippen molar-refractivity contribution in [2.24, 2.45) is 11.8 Å². The summed E-state index contributed by atoms with van der Waals surface area (Å²) in [5.74, 6) is 1.89. The van der Waals surface area contributed by atoms with Crippen molar-refractivity contribution in [3.05, 3.63) is 34.9 Å². The number of hydrogen-bond acceptors (Lipinski definition) is 2. The van der Waals surface area contributed by atoms with Crippen LogP contribution in [0.3, 0.4) is 0 Å². The number of benzene rings is 1. The monoisotopic (exact) mass is 310 g/mol. The molecule has 1 N–H and O–H groups in total. The number of fused-ring (bicyclic) bond motifs is 1. The topological polar surface area (TPSA) is 15.3 Å². The van der Waals surface area contributed by atoms with Crippen LogP contribution < -0.4 is 5.32 Å². The van der Waals surface area contributed by atoms with E-state index in [-0.39, 0.29) is 0 Å². The fraction of sp³-hybridized carbons (Fsp3) is 0.714. The summed E-state index contributed by atoms with van der Waals surface area (Å²) in [6.07, 6.45) is 8.38. The second kappa shape index (κ2) is 5.32. The van der Waals surface area contributed by atoms with Crippen molar-refractivity contribution in [2.45, 2.75) is 56.9 Å². The van der Waals surface area contributed by atoms with E-state index in [4.69, 9.17) is 0 Å². The molecule has 4 aliphatic rings. The Morgan fingerprint density at radius 2 is 2.09 bits per heavy atom. The van der Waals surface area contributed by atoms with Crippen LogP contribution in [0.4, 0.5) is 0 Å². The average molecular weight is 310 g/mol. The van der Waals surface area contributed by atoms with Gasteiger partial charge in [0.1, 0.15) is 0 Å². The first-order valence-corrected chi connectivity index (χ1v) is 9.81. The van der Waals surface area contributed by atoms with Gasteiger partial charge in [0, 0.05) is 18.0 Å². The van der Waals surface area contributed by atoms with E-state index in [2.05, 4.69) is 35.3 Å². The summed E-state index contributed by atoms with van der Waals surface area (Å²) in [6, 6.07) is 8.16. The van der Waals surface area contributed by atoms with E-state index in [0.29, 0.717) is 5.41 Å². The van der Waals surface area contributed by atoms with Crippen molar-refractivity contribution in [3.8, 4) is 0 Å². The second-order valence-corrected chi connectivity index (χ2v) is 8.67. The minimum Gasteiger partial charge on any atom is -0.317 e. The summed E-state index contributed by atoms with van der Waals surface area (Å²) in [4.78, 5) is 2.90. The molecule has 1 aromatic rings. The molecule has 0 spiro atoms. The van der Waals surface area contributed by atoms with E-state index in [9.17, 15) is 0 Å². The molecule has 0 amide bonds. The number of aryl methyl sites for hydroxylation is 1. The van der Waals surface area contributed by atoms with Crippen LogP contribution in [-0.2, 0) is 11.8 Å². The van der Waals surface area contributed by atoms with Gasteiger partial charge in [-0.25, -0.2) is 0 Å². The normalized spacial score (nSPS) is 36.9. The van der Waals surface area contributed by atoms with Gasteiger partial charge in [-0.15, -0.1) is 0 Å². The molecular weight excluding hydrogens is 280 g/mol. The molecule has 3 fully saturated rings. The molecule has 3 atom stereocenters. The van der Waals surface area contributed by atoms with Crippen LogP contribution in [0.15, 0.2) is 18.2 Å². The van der Waals surface area contributed by atoms with Crippen LogP contribution in [0.25, 0.3) is 0 Å². The fourth-order valence-corrected chi connectivity index (χ4v) is 5.99. The van der Waals surface area contributed by atoms with Crippen molar-refractivity contribution in [1.29, 1.82) is 0 Å². The molecule has 2 bridgehead atoms. The summed E-state index contributed by atoms with van der Waals surface area (Å²) in [6.45, 7) is 7.41. The molecular formula is C21H30N2. The highest BCUT2D eigenvalue weighted by Crippen LogP contribution is 2.53. The maximum atomic E-state index is 3.70. The zero-order valence-corrected chi connectivity index (χ0v) is 14.5. The van der Waals surface area contributed by atoms with Gasteiger partial charge in [0.15, 0.2) is 0 Å². The fourth-order valence-electron chi connectivity index (χ4n) is 5.99. The van der Waals surface area contributed by atoms with Crippen molar-refractivity contribution in [1.82, 2.24) is 10.2 Å². The van der Waals surface area contributed by atoms with Crippen molar-refractivity contribution in [3.63, 3.8) is 0 Å². The van der Waals surface area contributed by atoms with Gasteiger partial charge in [-0.1, -0.05) is 23.8 Å². The van der Waals surface area contributed by atoms with Gasteiger partial charge in [0.25, 0.3) is 0 Å². The number of nitrogens with one attached hydrogen (secondary N) is 1. The Hall–Kier alpha value is -0.860. The van der Waals surface area contributed by atoms with Crippen LogP contribution in [0.1, 0.15) is 48.8 Å². The molecule has 0 unspecified atom stereocenters. The van der Waals surface area contributed by atoms with Gasteiger partial charge < -0.3 is 5.32 Å². The number of rotatable bonds is 2. The number of nitrogens with zero attached hydrogens (tertiary/aromatic N) is 1. The zero-order chi connectivity index (χ0) is 15.4. The molecule has 2 nitrogen and oxygen atoms in total. The second-order valence-electron chi connectivity index (χ2n) is 8.67. The molecule has 2 saturated heterocycles. The van der Waals surface area contributed by atoms with E-state index in [1.165, 1.54) is 70.3 Å². The number of hydrogen-bond donors (Lipinski definition) is 1. The third kappa shape index (κ3) is 2.29. The SMILES string of the molecule is Cc1ccc2c(c1)C[C@@H]1[C@H]3CCNCC[C@@]23CCN1CC1CC1. The van der Waals surface area contributed by atoms with Crippen LogP contribution >= 0.6 is 0 Å². The van der Waals surface area contributed by atoms with E-state index < -0.39 is 0 Å². The molecule has 2 aliphatic heterocycles. The largest absolute Gasteiger partial charge is 0.317 e. The Balaban J connectivity index is 1.59. The van der Waals surface area contributed by atoms with Gasteiger partial charge in [0.2, 0.25) is 0 Å². The van der Waals surface area contributed by atoms with E-state index in [1.807, 2.05) is 0 Å². The van der Waals surface area contributed by atoms with Gasteiger partial charge in [0.05, 0.1) is 0 Å². The third-order valence-corrected chi connectivity index (χ3v) is 7.28. The van der Waals surface area contributed by atoms with Gasteiger partial charge in [-0.05, 0) is 88.0 Å². The molecule has 1 saturated carbocycles.